The lowest BCUT2D eigenvalue weighted by Crippen LogP contribution is -2.34. The van der Waals surface area contributed by atoms with Crippen LogP contribution in [0.25, 0.3) is 0 Å². The molecule has 5 nitrogen and oxygen atoms in total. The predicted octanol–water partition coefficient (Wildman–Crippen LogP) is 2.82. The maximum Gasteiger partial charge on any atom is 0.223 e. The van der Waals surface area contributed by atoms with E-state index in [0.717, 1.165) is 0 Å². The van der Waals surface area contributed by atoms with Crippen LogP contribution in [-0.4, -0.2) is 23.7 Å². The number of aliphatic hydroxyl groups excluding tert-OH is 1. The van der Waals surface area contributed by atoms with Crippen LogP contribution in [0.5, 0.6) is 5.75 Å². The quantitative estimate of drug-likeness (QED) is 0.784. The molecular weight excluding hydrogens is 301 g/mol. The van der Waals surface area contributed by atoms with Gasteiger partial charge in [0.1, 0.15) is 11.9 Å². The number of benzene rings is 1. The molecule has 2 rings (SSSR count). The summed E-state index contributed by atoms with van der Waals surface area (Å²) in [5, 5.41) is 12.7. The summed E-state index contributed by atoms with van der Waals surface area (Å²) in [4.78, 5) is 11.8. The molecular formula is C17H20FNO4. The van der Waals surface area contributed by atoms with Crippen LogP contribution >= 0.6 is 0 Å². The largest absolute Gasteiger partial charge is 0.490 e. The van der Waals surface area contributed by atoms with Gasteiger partial charge in [0.25, 0.3) is 0 Å². The molecule has 6 heteroatoms. The molecule has 2 unspecified atom stereocenters. The van der Waals surface area contributed by atoms with E-state index in [1.807, 2.05) is 0 Å². The summed E-state index contributed by atoms with van der Waals surface area (Å²) in [5.41, 5.74) is 0. The summed E-state index contributed by atoms with van der Waals surface area (Å²) in [6.45, 7) is 1.88. The number of ether oxygens (including phenoxy) is 1. The number of hydrogen-bond donors (Lipinski definition) is 2. The van der Waals surface area contributed by atoms with Gasteiger partial charge in [-0.05, 0) is 31.2 Å². The molecule has 0 aliphatic carbocycles. The number of para-hydroxylation sites is 1. The first kappa shape index (κ1) is 17.0. The van der Waals surface area contributed by atoms with Crippen LogP contribution in [0.15, 0.2) is 47.1 Å². The van der Waals surface area contributed by atoms with E-state index in [1.54, 1.807) is 31.2 Å². The lowest BCUT2D eigenvalue weighted by Gasteiger charge is -2.16. The minimum absolute atomic E-state index is 0.0836. The zero-order valence-corrected chi connectivity index (χ0v) is 12.9. The number of carbonyl (C=O) groups is 1. The van der Waals surface area contributed by atoms with Gasteiger partial charge in [-0.2, -0.15) is 0 Å². The Labute approximate surface area is 134 Å². The summed E-state index contributed by atoms with van der Waals surface area (Å²) >= 11 is 0. The monoisotopic (exact) mass is 321 g/mol. The van der Waals surface area contributed by atoms with Crippen LogP contribution in [-0.2, 0) is 4.79 Å². The third-order valence-corrected chi connectivity index (χ3v) is 3.28. The highest BCUT2D eigenvalue weighted by Gasteiger charge is 2.16. The van der Waals surface area contributed by atoms with Gasteiger partial charge >= 0.3 is 0 Å². The van der Waals surface area contributed by atoms with Gasteiger partial charge in [-0.1, -0.05) is 12.1 Å². The van der Waals surface area contributed by atoms with Crippen molar-refractivity contribution < 1.29 is 23.4 Å². The van der Waals surface area contributed by atoms with E-state index in [-0.39, 0.29) is 30.7 Å². The van der Waals surface area contributed by atoms with Gasteiger partial charge in [0.2, 0.25) is 5.91 Å². The van der Waals surface area contributed by atoms with Crippen molar-refractivity contribution >= 4 is 5.91 Å². The van der Waals surface area contributed by atoms with Gasteiger partial charge in [-0.25, -0.2) is 4.39 Å². The molecule has 1 aromatic carbocycles. The van der Waals surface area contributed by atoms with E-state index in [0.29, 0.717) is 12.2 Å². The lowest BCUT2D eigenvalue weighted by molar-refractivity contribution is -0.122. The molecule has 2 atom stereocenters. The summed E-state index contributed by atoms with van der Waals surface area (Å²) in [6.07, 6.45) is 1.17. The molecule has 0 saturated carbocycles. The summed E-state index contributed by atoms with van der Waals surface area (Å²) in [6, 6.07) is 9.19. The molecule has 0 aliphatic rings. The number of halogens is 1. The highest BCUT2D eigenvalue weighted by atomic mass is 19.1. The van der Waals surface area contributed by atoms with E-state index >= 15 is 0 Å². The molecule has 1 amide bonds. The predicted molar refractivity (Wildman–Crippen MR) is 82.4 cm³/mol. The van der Waals surface area contributed by atoms with E-state index in [9.17, 15) is 14.3 Å². The molecule has 0 aliphatic heterocycles. The van der Waals surface area contributed by atoms with Crippen LogP contribution in [0.1, 0.15) is 31.6 Å². The minimum Gasteiger partial charge on any atom is -0.490 e. The number of aliphatic hydroxyl groups is 1. The van der Waals surface area contributed by atoms with E-state index in [1.165, 1.54) is 18.4 Å². The van der Waals surface area contributed by atoms with Crippen molar-refractivity contribution in [1.29, 1.82) is 0 Å². The molecule has 0 fully saturated rings. The van der Waals surface area contributed by atoms with Crippen molar-refractivity contribution in [1.82, 2.24) is 5.32 Å². The number of carbonyl (C=O) groups excluding carboxylic acids is 1. The van der Waals surface area contributed by atoms with E-state index in [4.69, 9.17) is 9.15 Å². The molecule has 23 heavy (non-hydrogen) atoms. The van der Waals surface area contributed by atoms with Crippen molar-refractivity contribution in [3.8, 4) is 5.75 Å². The topological polar surface area (TPSA) is 71.7 Å². The van der Waals surface area contributed by atoms with Crippen LogP contribution in [0.2, 0.25) is 0 Å². The van der Waals surface area contributed by atoms with Gasteiger partial charge in [0, 0.05) is 12.5 Å². The molecule has 0 bridgehead atoms. The highest BCUT2D eigenvalue weighted by Crippen LogP contribution is 2.18. The average Bonchev–Trinajstić information content (AvgIpc) is 3.03. The maximum absolute atomic E-state index is 13.3. The Morgan fingerprint density at radius 2 is 2.13 bits per heavy atom. The minimum atomic E-state index is -0.769. The average molecular weight is 321 g/mol. The lowest BCUT2D eigenvalue weighted by atomic mass is 10.1. The van der Waals surface area contributed by atoms with Gasteiger partial charge in [-0.15, -0.1) is 0 Å². The smallest absolute Gasteiger partial charge is 0.223 e. The van der Waals surface area contributed by atoms with Crippen LogP contribution in [0.3, 0.4) is 0 Å². The Bertz CT molecular complexity index is 615. The molecule has 0 spiro atoms. The first-order valence-corrected chi connectivity index (χ1v) is 7.44. The second-order valence-electron chi connectivity index (χ2n) is 5.26. The third-order valence-electron chi connectivity index (χ3n) is 3.28. The summed E-state index contributed by atoms with van der Waals surface area (Å²) in [5.74, 6) is -0.0843. The number of furan rings is 1. The van der Waals surface area contributed by atoms with Crippen molar-refractivity contribution in [3.05, 3.63) is 54.2 Å². The van der Waals surface area contributed by atoms with Crippen molar-refractivity contribution in [2.45, 2.75) is 31.9 Å². The first-order chi connectivity index (χ1) is 11.1. The zero-order chi connectivity index (χ0) is 16.7. The molecule has 0 radical (unpaired) electrons. The van der Waals surface area contributed by atoms with Crippen molar-refractivity contribution in [2.24, 2.45) is 0 Å². The Hall–Kier alpha value is -2.34. The third kappa shape index (κ3) is 5.41. The van der Waals surface area contributed by atoms with Gasteiger partial charge in [0.15, 0.2) is 11.6 Å². The zero-order valence-electron chi connectivity index (χ0n) is 12.9. The maximum atomic E-state index is 13.3. The molecule has 0 saturated heterocycles. The number of nitrogens with one attached hydrogen (secondary N) is 1. The van der Waals surface area contributed by atoms with Gasteiger partial charge < -0.3 is 19.6 Å². The van der Waals surface area contributed by atoms with Crippen LogP contribution in [0.4, 0.5) is 4.39 Å². The fourth-order valence-corrected chi connectivity index (χ4v) is 2.15. The molecule has 2 aromatic rings. The van der Waals surface area contributed by atoms with E-state index in [2.05, 4.69) is 5.32 Å². The molecule has 1 aromatic heterocycles. The van der Waals surface area contributed by atoms with E-state index < -0.39 is 11.9 Å². The Morgan fingerprint density at radius 3 is 2.83 bits per heavy atom. The van der Waals surface area contributed by atoms with Crippen LogP contribution < -0.4 is 10.1 Å². The second kappa shape index (κ2) is 8.33. The molecule has 124 valence electrons. The first-order valence-electron chi connectivity index (χ1n) is 7.44. The summed E-state index contributed by atoms with van der Waals surface area (Å²) < 4.78 is 23.7. The Kier molecular flexibility index (Phi) is 6.17. The Balaban J connectivity index is 1.69. The fraction of sp³-hybridized carbons (Fsp3) is 0.353. The standard InChI is InChI=1S/C17H20FNO4/c1-12(11-14(20)16-7-4-9-22-16)19-17(21)8-10-23-15-6-3-2-5-13(15)18/h2-7,9,12,14,20H,8,10-11H2,1H3,(H,19,21). The number of rotatable bonds is 8. The highest BCUT2D eigenvalue weighted by molar-refractivity contribution is 5.76. The Morgan fingerprint density at radius 1 is 1.35 bits per heavy atom. The van der Waals surface area contributed by atoms with Crippen LogP contribution in [0, 0.1) is 5.82 Å². The van der Waals surface area contributed by atoms with Gasteiger partial charge in [-0.3, -0.25) is 4.79 Å². The van der Waals surface area contributed by atoms with Gasteiger partial charge in [0.05, 0.1) is 19.3 Å². The number of hydrogen-bond acceptors (Lipinski definition) is 4. The fourth-order valence-electron chi connectivity index (χ4n) is 2.15. The molecule has 1 heterocycles. The normalized spacial score (nSPS) is 13.3. The SMILES string of the molecule is CC(CC(O)c1ccco1)NC(=O)CCOc1ccccc1F. The number of amides is 1. The second-order valence-corrected chi connectivity index (χ2v) is 5.26. The van der Waals surface area contributed by atoms with Crippen molar-refractivity contribution in [2.75, 3.05) is 6.61 Å². The summed E-state index contributed by atoms with van der Waals surface area (Å²) in [7, 11) is 0. The molecule has 2 N–H and O–H groups in total. The van der Waals surface area contributed by atoms with Crippen molar-refractivity contribution in [3.63, 3.8) is 0 Å².